The summed E-state index contributed by atoms with van der Waals surface area (Å²) in [6.07, 6.45) is 0.959. The van der Waals surface area contributed by atoms with E-state index in [2.05, 4.69) is 16.3 Å². The largest absolute Gasteiger partial charge is 0.366 e. The number of hydrogen-bond donors (Lipinski definition) is 2. The molecule has 0 bridgehead atoms. The van der Waals surface area contributed by atoms with Gasteiger partial charge in [0.15, 0.2) is 0 Å². The van der Waals surface area contributed by atoms with Crippen molar-refractivity contribution in [2.24, 2.45) is 5.73 Å². The fourth-order valence-corrected chi connectivity index (χ4v) is 2.69. The summed E-state index contributed by atoms with van der Waals surface area (Å²) in [7, 11) is 0. The first-order valence-corrected chi connectivity index (χ1v) is 7.16. The maximum atomic E-state index is 12.2. The Morgan fingerprint density at radius 3 is 2.77 bits per heavy atom. The monoisotopic (exact) mass is 295 g/mol. The highest BCUT2D eigenvalue weighted by Crippen LogP contribution is 2.27. The zero-order chi connectivity index (χ0) is 15.5. The number of fused-ring (bicyclic) bond motifs is 1. The number of rotatable bonds is 4. The van der Waals surface area contributed by atoms with Crippen LogP contribution in [-0.4, -0.2) is 24.9 Å². The molecule has 0 aromatic heterocycles. The van der Waals surface area contributed by atoms with Crippen LogP contribution in [0.3, 0.4) is 0 Å². The molecule has 0 unspecified atom stereocenters. The molecule has 1 aliphatic rings. The van der Waals surface area contributed by atoms with Gasteiger partial charge in [-0.3, -0.25) is 9.59 Å². The van der Waals surface area contributed by atoms with Crippen molar-refractivity contribution in [1.82, 2.24) is 0 Å². The van der Waals surface area contributed by atoms with Crippen LogP contribution in [0.25, 0.3) is 0 Å². The fourth-order valence-electron chi connectivity index (χ4n) is 2.69. The SMILES string of the molecule is NC(=O)c1cccc(NC(=O)CN2CCc3ccccc32)c1. The molecule has 2 amide bonds. The van der Waals surface area contributed by atoms with E-state index in [-0.39, 0.29) is 12.5 Å². The molecule has 5 heteroatoms. The molecule has 0 saturated heterocycles. The van der Waals surface area contributed by atoms with E-state index in [1.54, 1.807) is 24.3 Å². The zero-order valence-electron chi connectivity index (χ0n) is 12.1. The minimum atomic E-state index is -0.510. The molecular weight excluding hydrogens is 278 g/mol. The molecule has 0 radical (unpaired) electrons. The highest BCUT2D eigenvalue weighted by Gasteiger charge is 2.20. The summed E-state index contributed by atoms with van der Waals surface area (Å²) in [4.78, 5) is 25.4. The summed E-state index contributed by atoms with van der Waals surface area (Å²) < 4.78 is 0. The maximum absolute atomic E-state index is 12.2. The second-order valence-corrected chi connectivity index (χ2v) is 5.29. The Kier molecular flexibility index (Phi) is 3.78. The molecule has 0 saturated carbocycles. The molecule has 3 rings (SSSR count). The molecule has 112 valence electrons. The highest BCUT2D eigenvalue weighted by atomic mass is 16.2. The van der Waals surface area contributed by atoms with Gasteiger partial charge in [0.05, 0.1) is 6.54 Å². The maximum Gasteiger partial charge on any atom is 0.248 e. The first-order valence-electron chi connectivity index (χ1n) is 7.16. The number of carbonyl (C=O) groups is 2. The molecule has 3 N–H and O–H groups in total. The predicted octanol–water partition coefficient (Wildman–Crippen LogP) is 1.79. The standard InChI is InChI=1S/C17H17N3O2/c18-17(22)13-5-3-6-14(10-13)19-16(21)11-20-9-8-12-4-1-2-7-15(12)20/h1-7,10H,8-9,11H2,(H2,18,22)(H,19,21). The van der Waals surface area contributed by atoms with E-state index in [1.807, 2.05) is 18.2 Å². The number of para-hydroxylation sites is 1. The number of nitrogens with two attached hydrogens (primary N) is 1. The van der Waals surface area contributed by atoms with E-state index in [0.29, 0.717) is 11.3 Å². The summed E-state index contributed by atoms with van der Waals surface area (Å²) in [5, 5.41) is 2.81. The second-order valence-electron chi connectivity index (χ2n) is 5.29. The van der Waals surface area contributed by atoms with Crippen LogP contribution in [-0.2, 0) is 11.2 Å². The van der Waals surface area contributed by atoms with Gasteiger partial charge in [-0.05, 0) is 36.2 Å². The lowest BCUT2D eigenvalue weighted by Gasteiger charge is -2.18. The summed E-state index contributed by atoms with van der Waals surface area (Å²) in [6.45, 7) is 1.13. The van der Waals surface area contributed by atoms with Crippen LogP contribution < -0.4 is 16.0 Å². The lowest BCUT2D eigenvalue weighted by atomic mass is 10.2. The fraction of sp³-hybridized carbons (Fsp3) is 0.176. The molecule has 5 nitrogen and oxygen atoms in total. The van der Waals surface area contributed by atoms with Crippen molar-refractivity contribution in [3.63, 3.8) is 0 Å². The van der Waals surface area contributed by atoms with Crippen molar-refractivity contribution in [2.75, 3.05) is 23.3 Å². The van der Waals surface area contributed by atoms with Gasteiger partial charge in [-0.1, -0.05) is 24.3 Å². The summed E-state index contributed by atoms with van der Waals surface area (Å²) in [6, 6.07) is 14.7. The topological polar surface area (TPSA) is 75.4 Å². The molecule has 1 heterocycles. The van der Waals surface area contributed by atoms with Crippen LogP contribution in [0.1, 0.15) is 15.9 Å². The molecule has 1 aliphatic heterocycles. The zero-order valence-corrected chi connectivity index (χ0v) is 12.1. The van der Waals surface area contributed by atoms with E-state index < -0.39 is 5.91 Å². The highest BCUT2D eigenvalue weighted by molar-refractivity contribution is 5.97. The molecule has 22 heavy (non-hydrogen) atoms. The summed E-state index contributed by atoms with van der Waals surface area (Å²) in [5.74, 6) is -0.622. The van der Waals surface area contributed by atoms with E-state index in [1.165, 1.54) is 5.56 Å². The smallest absolute Gasteiger partial charge is 0.248 e. The molecular formula is C17H17N3O2. The van der Waals surface area contributed by atoms with Crippen LogP contribution in [0.5, 0.6) is 0 Å². The third-order valence-corrected chi connectivity index (χ3v) is 3.75. The van der Waals surface area contributed by atoms with Crippen LogP contribution in [0.15, 0.2) is 48.5 Å². The first-order chi connectivity index (χ1) is 10.6. The molecule has 0 atom stereocenters. The molecule has 0 aliphatic carbocycles. The van der Waals surface area contributed by atoms with Gasteiger partial charge in [0.25, 0.3) is 0 Å². The third-order valence-electron chi connectivity index (χ3n) is 3.75. The van der Waals surface area contributed by atoms with Crippen molar-refractivity contribution >= 4 is 23.2 Å². The summed E-state index contributed by atoms with van der Waals surface area (Å²) >= 11 is 0. The van der Waals surface area contributed by atoms with E-state index in [0.717, 1.165) is 18.7 Å². The minimum absolute atomic E-state index is 0.113. The number of nitrogens with one attached hydrogen (secondary N) is 1. The van der Waals surface area contributed by atoms with E-state index in [4.69, 9.17) is 5.73 Å². The molecule has 0 fully saturated rings. The number of hydrogen-bond acceptors (Lipinski definition) is 3. The normalized spacial score (nSPS) is 12.8. The van der Waals surface area contributed by atoms with Crippen LogP contribution >= 0.6 is 0 Å². The Morgan fingerprint density at radius 2 is 1.95 bits per heavy atom. The van der Waals surface area contributed by atoms with E-state index >= 15 is 0 Å². The third kappa shape index (κ3) is 2.93. The summed E-state index contributed by atoms with van der Waals surface area (Å²) in [5.41, 5.74) is 8.58. The minimum Gasteiger partial charge on any atom is -0.366 e. The number of benzene rings is 2. The van der Waals surface area contributed by atoms with Gasteiger partial charge >= 0.3 is 0 Å². The van der Waals surface area contributed by atoms with Gasteiger partial charge in [-0.25, -0.2) is 0 Å². The average Bonchev–Trinajstić information content (AvgIpc) is 2.91. The van der Waals surface area contributed by atoms with Gasteiger partial charge in [0, 0.05) is 23.5 Å². The number of anilines is 2. The van der Waals surface area contributed by atoms with Crippen molar-refractivity contribution in [3.05, 3.63) is 59.7 Å². The van der Waals surface area contributed by atoms with E-state index in [9.17, 15) is 9.59 Å². The predicted molar refractivity (Wildman–Crippen MR) is 85.9 cm³/mol. The number of primary amides is 1. The van der Waals surface area contributed by atoms with Crippen LogP contribution in [0.4, 0.5) is 11.4 Å². The van der Waals surface area contributed by atoms with Gasteiger partial charge in [0.2, 0.25) is 11.8 Å². The van der Waals surface area contributed by atoms with Crippen LogP contribution in [0, 0.1) is 0 Å². The Bertz CT molecular complexity index is 727. The lowest BCUT2D eigenvalue weighted by Crippen LogP contribution is -2.31. The average molecular weight is 295 g/mol. The first kappa shape index (κ1) is 14.1. The number of nitrogens with zero attached hydrogens (tertiary/aromatic N) is 1. The lowest BCUT2D eigenvalue weighted by molar-refractivity contribution is -0.115. The number of carbonyl (C=O) groups excluding carboxylic acids is 2. The van der Waals surface area contributed by atoms with Crippen molar-refractivity contribution in [2.45, 2.75) is 6.42 Å². The Morgan fingerprint density at radius 1 is 1.14 bits per heavy atom. The molecule has 2 aromatic carbocycles. The van der Waals surface area contributed by atoms with Gasteiger partial charge in [-0.15, -0.1) is 0 Å². The van der Waals surface area contributed by atoms with Gasteiger partial charge in [-0.2, -0.15) is 0 Å². The van der Waals surface area contributed by atoms with Crippen molar-refractivity contribution < 1.29 is 9.59 Å². The molecule has 2 aromatic rings. The Balaban J connectivity index is 1.66. The van der Waals surface area contributed by atoms with Crippen molar-refractivity contribution in [1.29, 1.82) is 0 Å². The van der Waals surface area contributed by atoms with Gasteiger partial charge < -0.3 is 16.0 Å². The second kappa shape index (κ2) is 5.89. The van der Waals surface area contributed by atoms with Crippen molar-refractivity contribution in [3.8, 4) is 0 Å². The van der Waals surface area contributed by atoms with Crippen LogP contribution in [0.2, 0.25) is 0 Å². The Hall–Kier alpha value is -2.82. The van der Waals surface area contributed by atoms with Gasteiger partial charge in [0.1, 0.15) is 0 Å². The molecule has 0 spiro atoms. The quantitative estimate of drug-likeness (QED) is 0.903. The number of amides is 2. The Labute approximate surface area is 128 Å².